The van der Waals surface area contributed by atoms with Crippen LogP contribution in [-0.2, 0) is 20.7 Å². The number of rotatable bonds is 6. The molecule has 2 aliphatic rings. The lowest BCUT2D eigenvalue weighted by Crippen LogP contribution is -2.41. The molecule has 4 rings (SSSR count). The predicted molar refractivity (Wildman–Crippen MR) is 119 cm³/mol. The highest BCUT2D eigenvalue weighted by Gasteiger charge is 2.39. The van der Waals surface area contributed by atoms with Gasteiger partial charge in [0.25, 0.3) is 0 Å². The lowest BCUT2D eigenvalue weighted by atomic mass is 9.74. The van der Waals surface area contributed by atoms with Crippen LogP contribution < -0.4 is 5.32 Å². The van der Waals surface area contributed by atoms with Crippen LogP contribution in [0.5, 0.6) is 0 Å². The van der Waals surface area contributed by atoms with Crippen molar-refractivity contribution in [1.82, 2.24) is 25.2 Å². The molecule has 0 spiro atoms. The minimum Gasteiger partial charge on any atom is -0.383 e. The molecule has 2 aromatic rings. The number of carbonyl (C=O) groups is 2. The second-order valence-electron chi connectivity index (χ2n) is 9.69. The van der Waals surface area contributed by atoms with E-state index in [1.54, 1.807) is 24.4 Å². The van der Waals surface area contributed by atoms with E-state index in [0.29, 0.717) is 19.0 Å². The van der Waals surface area contributed by atoms with E-state index in [1.807, 2.05) is 25.3 Å². The van der Waals surface area contributed by atoms with Gasteiger partial charge in [0, 0.05) is 49.8 Å². The molecule has 0 saturated carbocycles. The van der Waals surface area contributed by atoms with E-state index >= 15 is 0 Å². The Kier molecular flexibility index (Phi) is 6.24. The molecule has 1 saturated heterocycles. The van der Waals surface area contributed by atoms with Crippen molar-refractivity contribution < 1.29 is 14.3 Å². The zero-order chi connectivity index (χ0) is 22.9. The molecule has 1 fully saturated rings. The summed E-state index contributed by atoms with van der Waals surface area (Å²) in [6.07, 6.45) is 7.15. The van der Waals surface area contributed by atoms with Gasteiger partial charge < -0.3 is 15.0 Å². The highest BCUT2D eigenvalue weighted by molar-refractivity contribution is 5.89. The smallest absolute Gasteiger partial charge is 0.225 e. The molecule has 32 heavy (non-hydrogen) atoms. The third-order valence-electron chi connectivity index (χ3n) is 6.40. The topological polar surface area (TPSA) is 97.3 Å². The van der Waals surface area contributed by atoms with Gasteiger partial charge in [-0.05, 0) is 37.3 Å². The monoisotopic (exact) mass is 437 g/mol. The van der Waals surface area contributed by atoms with Crippen molar-refractivity contribution in [3.05, 3.63) is 42.0 Å². The van der Waals surface area contributed by atoms with E-state index in [1.165, 1.54) is 0 Å². The van der Waals surface area contributed by atoms with Gasteiger partial charge in [0.1, 0.15) is 0 Å². The lowest BCUT2D eigenvalue weighted by molar-refractivity contribution is -0.131. The van der Waals surface area contributed by atoms with Gasteiger partial charge in [0.15, 0.2) is 5.82 Å². The van der Waals surface area contributed by atoms with Gasteiger partial charge in [-0.15, -0.1) is 0 Å². The molecular weight excluding hydrogens is 406 g/mol. The molecule has 0 bridgehead atoms. The van der Waals surface area contributed by atoms with Crippen LogP contribution in [-0.4, -0.2) is 58.0 Å². The SMILES string of the molecule is COC[C@H](C)N1C[C@@H](C(=O)N[C@@H]2CC(C)(C)Cc3nc(-c4ccncc4)ncc32)CC1=O. The number of aromatic nitrogens is 3. The number of ether oxygens (including phenoxy) is 1. The van der Waals surface area contributed by atoms with Crippen molar-refractivity contribution >= 4 is 11.8 Å². The quantitative estimate of drug-likeness (QED) is 0.746. The summed E-state index contributed by atoms with van der Waals surface area (Å²) >= 11 is 0. The fraction of sp³-hybridized carbons (Fsp3) is 0.542. The van der Waals surface area contributed by atoms with Gasteiger partial charge in [0.2, 0.25) is 11.8 Å². The fourth-order valence-corrected chi connectivity index (χ4v) is 4.77. The Balaban J connectivity index is 1.52. The van der Waals surface area contributed by atoms with Crippen molar-refractivity contribution in [2.75, 3.05) is 20.3 Å². The maximum atomic E-state index is 13.1. The van der Waals surface area contributed by atoms with Gasteiger partial charge in [-0.25, -0.2) is 9.97 Å². The Hall–Kier alpha value is -2.87. The molecule has 3 atom stereocenters. The number of nitrogens with zero attached hydrogens (tertiary/aromatic N) is 4. The number of hydrogen-bond donors (Lipinski definition) is 1. The number of hydrogen-bond acceptors (Lipinski definition) is 6. The summed E-state index contributed by atoms with van der Waals surface area (Å²) < 4.78 is 5.17. The van der Waals surface area contributed by atoms with E-state index in [9.17, 15) is 9.59 Å². The van der Waals surface area contributed by atoms with Gasteiger partial charge in [-0.3, -0.25) is 14.6 Å². The zero-order valence-electron chi connectivity index (χ0n) is 19.2. The molecule has 1 aliphatic heterocycles. The maximum absolute atomic E-state index is 13.1. The molecule has 8 heteroatoms. The average Bonchev–Trinajstić information content (AvgIpc) is 3.15. The minimum absolute atomic E-state index is 0.00407. The Morgan fingerprint density at radius 2 is 2.09 bits per heavy atom. The summed E-state index contributed by atoms with van der Waals surface area (Å²) in [4.78, 5) is 40.8. The minimum atomic E-state index is -0.354. The van der Waals surface area contributed by atoms with Crippen LogP contribution in [0.3, 0.4) is 0 Å². The Labute approximate surface area is 188 Å². The van der Waals surface area contributed by atoms with Crippen LogP contribution in [0.2, 0.25) is 0 Å². The number of pyridine rings is 1. The summed E-state index contributed by atoms with van der Waals surface area (Å²) in [6.45, 7) is 7.21. The average molecular weight is 438 g/mol. The third kappa shape index (κ3) is 4.65. The molecule has 170 valence electrons. The van der Waals surface area contributed by atoms with Gasteiger partial charge in [0.05, 0.1) is 30.3 Å². The first-order valence-electron chi connectivity index (χ1n) is 11.1. The van der Waals surface area contributed by atoms with E-state index in [4.69, 9.17) is 9.72 Å². The first-order chi connectivity index (χ1) is 15.3. The molecule has 1 aliphatic carbocycles. The van der Waals surface area contributed by atoms with Crippen LogP contribution in [0.15, 0.2) is 30.7 Å². The van der Waals surface area contributed by atoms with Crippen LogP contribution in [0.4, 0.5) is 0 Å². The summed E-state index contributed by atoms with van der Waals surface area (Å²) in [6, 6.07) is 3.57. The number of methoxy groups -OCH3 is 1. The highest BCUT2D eigenvalue weighted by Crippen LogP contribution is 2.40. The first kappa shape index (κ1) is 22.3. The van der Waals surface area contributed by atoms with E-state index in [0.717, 1.165) is 29.7 Å². The van der Waals surface area contributed by atoms with Gasteiger partial charge in [-0.2, -0.15) is 0 Å². The summed E-state index contributed by atoms with van der Waals surface area (Å²) in [5.41, 5.74) is 2.83. The van der Waals surface area contributed by atoms with Crippen molar-refractivity contribution in [2.24, 2.45) is 11.3 Å². The maximum Gasteiger partial charge on any atom is 0.225 e. The molecule has 2 amide bonds. The van der Waals surface area contributed by atoms with E-state index in [2.05, 4.69) is 29.1 Å². The Morgan fingerprint density at radius 3 is 2.81 bits per heavy atom. The number of amides is 2. The standard InChI is InChI=1S/C24H31N5O3/c1-15(14-32-4)29-13-17(9-21(29)30)23(31)28-20-11-24(2,3)10-19-18(20)12-26-22(27-19)16-5-7-25-8-6-16/h5-8,12,15,17,20H,9-11,13-14H2,1-4H3,(H,28,31)/t15-,17-,20+/m0/s1. The van der Waals surface area contributed by atoms with Crippen molar-refractivity contribution in [2.45, 2.75) is 52.1 Å². The van der Waals surface area contributed by atoms with Crippen LogP contribution in [0.25, 0.3) is 11.4 Å². The van der Waals surface area contributed by atoms with Crippen LogP contribution in [0.1, 0.15) is 50.9 Å². The largest absolute Gasteiger partial charge is 0.383 e. The second-order valence-corrected chi connectivity index (χ2v) is 9.69. The van der Waals surface area contributed by atoms with Crippen molar-refractivity contribution in [1.29, 1.82) is 0 Å². The molecule has 0 radical (unpaired) electrons. The molecule has 8 nitrogen and oxygen atoms in total. The number of carbonyl (C=O) groups excluding carboxylic acids is 2. The summed E-state index contributed by atoms with van der Waals surface area (Å²) in [5, 5.41) is 3.20. The predicted octanol–water partition coefficient (Wildman–Crippen LogP) is 2.55. The van der Waals surface area contributed by atoms with Gasteiger partial charge in [-0.1, -0.05) is 13.8 Å². The van der Waals surface area contributed by atoms with E-state index in [-0.39, 0.29) is 41.7 Å². The number of likely N-dealkylation sites (tertiary alicyclic amines) is 1. The molecule has 0 unspecified atom stereocenters. The summed E-state index contributed by atoms with van der Waals surface area (Å²) in [7, 11) is 1.62. The molecule has 3 heterocycles. The second kappa shape index (κ2) is 8.94. The highest BCUT2D eigenvalue weighted by atomic mass is 16.5. The fourth-order valence-electron chi connectivity index (χ4n) is 4.77. The van der Waals surface area contributed by atoms with Crippen LogP contribution in [0, 0.1) is 11.3 Å². The molecule has 0 aromatic carbocycles. The van der Waals surface area contributed by atoms with E-state index < -0.39 is 0 Å². The normalized spacial score (nSPS) is 23.0. The van der Waals surface area contributed by atoms with Gasteiger partial charge >= 0.3 is 0 Å². The Morgan fingerprint density at radius 1 is 1.34 bits per heavy atom. The molecular formula is C24H31N5O3. The first-order valence-corrected chi connectivity index (χ1v) is 11.1. The van der Waals surface area contributed by atoms with Crippen molar-refractivity contribution in [3.63, 3.8) is 0 Å². The number of nitrogens with one attached hydrogen (secondary N) is 1. The molecule has 2 aromatic heterocycles. The number of fused-ring (bicyclic) bond motifs is 1. The lowest BCUT2D eigenvalue weighted by Gasteiger charge is -2.37. The van der Waals surface area contributed by atoms with Crippen LogP contribution >= 0.6 is 0 Å². The summed E-state index contributed by atoms with van der Waals surface area (Å²) in [5.74, 6) is 0.229. The zero-order valence-corrected chi connectivity index (χ0v) is 19.2. The van der Waals surface area contributed by atoms with Crippen molar-refractivity contribution in [3.8, 4) is 11.4 Å². The Bertz CT molecular complexity index is 994. The molecule has 1 N–H and O–H groups in total. The third-order valence-corrected chi connectivity index (χ3v) is 6.40.